The number of alkyl carbamates (subject to hydrolysis) is 1. The van der Waals surface area contributed by atoms with Crippen molar-refractivity contribution < 1.29 is 24.2 Å². The van der Waals surface area contributed by atoms with Gasteiger partial charge in [0.15, 0.2) is 0 Å². The van der Waals surface area contributed by atoms with E-state index >= 15 is 0 Å². The van der Waals surface area contributed by atoms with E-state index in [0.29, 0.717) is 25.8 Å². The second-order valence-corrected chi connectivity index (χ2v) is 9.09. The van der Waals surface area contributed by atoms with E-state index in [0.717, 1.165) is 35.1 Å². The monoisotopic (exact) mass is 464 g/mol. The number of carbonyl (C=O) groups is 3. The molecule has 0 bridgehead atoms. The number of hydrogen-bond donors (Lipinski definition) is 2. The lowest BCUT2D eigenvalue weighted by molar-refractivity contribution is -0.143. The smallest absolute Gasteiger partial charge is 0.407 e. The van der Waals surface area contributed by atoms with E-state index in [4.69, 9.17) is 4.74 Å². The summed E-state index contributed by atoms with van der Waals surface area (Å²) in [6.45, 7) is 2.65. The van der Waals surface area contributed by atoms with Crippen molar-refractivity contribution in [1.82, 2.24) is 10.2 Å². The molecule has 4 rings (SSSR count). The van der Waals surface area contributed by atoms with E-state index in [-0.39, 0.29) is 30.9 Å². The molecule has 1 aliphatic carbocycles. The number of hydrogen-bond acceptors (Lipinski definition) is 4. The average molecular weight is 465 g/mol. The Balaban J connectivity index is 1.42. The second-order valence-electron chi connectivity index (χ2n) is 9.09. The molecule has 0 unspecified atom stereocenters. The Morgan fingerprint density at radius 3 is 2.32 bits per heavy atom. The molecule has 0 aromatic heterocycles. The number of benzene rings is 2. The molecular weight excluding hydrogens is 432 g/mol. The molecule has 0 saturated carbocycles. The van der Waals surface area contributed by atoms with Crippen LogP contribution in [0.3, 0.4) is 0 Å². The summed E-state index contributed by atoms with van der Waals surface area (Å²) >= 11 is 0. The Bertz CT molecular complexity index is 1010. The standard InChI is InChI=1S/C27H32N2O5/c1-2-9-24(26(32)29-15-8-7-10-18(29)16-25(30)31)28-27(33)34-17-23-21-13-5-3-11-19(21)20-12-4-6-14-22(20)23/h3-6,11-14,18,23-24H,2,7-10,15-17H2,1H3,(H,28,33)(H,30,31)/t18-,24-/m1/s1. The number of carboxylic acid groups (broad SMARTS) is 1. The van der Waals surface area contributed by atoms with E-state index in [9.17, 15) is 19.5 Å². The lowest BCUT2D eigenvalue weighted by Crippen LogP contribution is -2.54. The maximum absolute atomic E-state index is 13.3. The fraction of sp³-hybridized carbons (Fsp3) is 0.444. The molecule has 34 heavy (non-hydrogen) atoms. The summed E-state index contributed by atoms with van der Waals surface area (Å²) < 4.78 is 5.63. The van der Waals surface area contributed by atoms with Gasteiger partial charge in [-0.1, -0.05) is 61.9 Å². The van der Waals surface area contributed by atoms with E-state index < -0.39 is 18.1 Å². The number of nitrogens with zero attached hydrogens (tertiary/aromatic N) is 1. The van der Waals surface area contributed by atoms with Crippen molar-refractivity contribution in [2.75, 3.05) is 13.2 Å². The van der Waals surface area contributed by atoms with Gasteiger partial charge in [-0.3, -0.25) is 9.59 Å². The molecular formula is C27H32N2O5. The van der Waals surface area contributed by atoms with Gasteiger partial charge in [0.25, 0.3) is 0 Å². The molecule has 1 aliphatic heterocycles. The number of carboxylic acids is 1. The lowest BCUT2D eigenvalue weighted by atomic mass is 9.97. The van der Waals surface area contributed by atoms with Crippen molar-refractivity contribution in [3.05, 3.63) is 59.7 Å². The maximum atomic E-state index is 13.3. The van der Waals surface area contributed by atoms with Crippen LogP contribution in [0.1, 0.15) is 62.5 Å². The van der Waals surface area contributed by atoms with Gasteiger partial charge < -0.3 is 20.1 Å². The number of aliphatic carboxylic acids is 1. The molecule has 2 amide bonds. The zero-order valence-electron chi connectivity index (χ0n) is 19.5. The molecule has 0 spiro atoms. The zero-order chi connectivity index (χ0) is 24.1. The van der Waals surface area contributed by atoms with Crippen molar-refractivity contribution in [3.8, 4) is 11.1 Å². The Morgan fingerprint density at radius 2 is 1.71 bits per heavy atom. The summed E-state index contributed by atoms with van der Waals surface area (Å²) in [5, 5.41) is 12.0. The van der Waals surface area contributed by atoms with Gasteiger partial charge in [-0.05, 0) is 47.9 Å². The summed E-state index contributed by atoms with van der Waals surface area (Å²) in [6, 6.07) is 15.2. The molecule has 2 aromatic carbocycles. The second kappa shape index (κ2) is 10.7. The molecule has 7 heteroatoms. The largest absolute Gasteiger partial charge is 0.481 e. The highest BCUT2D eigenvalue weighted by Crippen LogP contribution is 2.44. The predicted molar refractivity (Wildman–Crippen MR) is 129 cm³/mol. The number of amides is 2. The average Bonchev–Trinajstić information content (AvgIpc) is 3.16. The molecule has 2 N–H and O–H groups in total. The first kappa shape index (κ1) is 23.8. The zero-order valence-corrected chi connectivity index (χ0v) is 19.5. The molecule has 2 aromatic rings. The summed E-state index contributed by atoms with van der Waals surface area (Å²) in [4.78, 5) is 38.9. The van der Waals surface area contributed by atoms with Crippen LogP contribution in [0.5, 0.6) is 0 Å². The Labute approximate surface area is 200 Å². The highest BCUT2D eigenvalue weighted by molar-refractivity contribution is 5.86. The number of rotatable bonds is 8. The number of carbonyl (C=O) groups excluding carboxylic acids is 2. The first-order chi connectivity index (χ1) is 16.5. The minimum absolute atomic E-state index is 0.0551. The van der Waals surface area contributed by atoms with Crippen LogP contribution in [0, 0.1) is 0 Å². The highest BCUT2D eigenvalue weighted by atomic mass is 16.5. The number of piperidine rings is 1. The summed E-state index contributed by atoms with van der Waals surface area (Å²) in [5.41, 5.74) is 4.56. The van der Waals surface area contributed by atoms with Crippen LogP contribution in [-0.2, 0) is 14.3 Å². The van der Waals surface area contributed by atoms with Gasteiger partial charge in [0.1, 0.15) is 12.6 Å². The molecule has 1 heterocycles. The quantitative estimate of drug-likeness (QED) is 0.598. The van der Waals surface area contributed by atoms with E-state index in [1.54, 1.807) is 4.90 Å². The van der Waals surface area contributed by atoms with Crippen LogP contribution in [0.25, 0.3) is 11.1 Å². The molecule has 7 nitrogen and oxygen atoms in total. The van der Waals surface area contributed by atoms with Gasteiger partial charge in [0, 0.05) is 18.5 Å². The summed E-state index contributed by atoms with van der Waals surface area (Å²) in [7, 11) is 0. The minimum atomic E-state index is -0.916. The SMILES string of the molecule is CCC[C@@H](NC(=O)OCC1c2ccccc2-c2ccccc21)C(=O)N1CCCC[C@@H]1CC(=O)O. The van der Waals surface area contributed by atoms with Crippen LogP contribution in [0.15, 0.2) is 48.5 Å². The summed E-state index contributed by atoms with van der Waals surface area (Å²) in [5.74, 6) is -1.19. The van der Waals surface area contributed by atoms with E-state index in [1.807, 2.05) is 31.2 Å². The van der Waals surface area contributed by atoms with Gasteiger partial charge in [-0.25, -0.2) is 4.79 Å². The Morgan fingerprint density at radius 1 is 1.06 bits per heavy atom. The minimum Gasteiger partial charge on any atom is -0.481 e. The lowest BCUT2D eigenvalue weighted by Gasteiger charge is -2.37. The normalized spacial score (nSPS) is 18.0. The van der Waals surface area contributed by atoms with Crippen LogP contribution in [0.4, 0.5) is 4.79 Å². The van der Waals surface area contributed by atoms with Crippen LogP contribution in [0.2, 0.25) is 0 Å². The number of likely N-dealkylation sites (tertiary alicyclic amines) is 1. The molecule has 0 radical (unpaired) electrons. The fourth-order valence-electron chi connectivity index (χ4n) is 5.23. The number of fused-ring (bicyclic) bond motifs is 3. The predicted octanol–water partition coefficient (Wildman–Crippen LogP) is 4.55. The molecule has 1 fully saturated rings. The molecule has 180 valence electrons. The van der Waals surface area contributed by atoms with Gasteiger partial charge in [-0.15, -0.1) is 0 Å². The van der Waals surface area contributed by atoms with Crippen molar-refractivity contribution in [3.63, 3.8) is 0 Å². The van der Waals surface area contributed by atoms with Crippen LogP contribution < -0.4 is 5.32 Å². The number of ether oxygens (including phenoxy) is 1. The van der Waals surface area contributed by atoms with Gasteiger partial charge in [0.2, 0.25) is 5.91 Å². The van der Waals surface area contributed by atoms with Crippen molar-refractivity contribution in [2.45, 2.75) is 63.5 Å². The third-order valence-electron chi connectivity index (χ3n) is 6.83. The first-order valence-corrected chi connectivity index (χ1v) is 12.1. The third kappa shape index (κ3) is 5.08. The van der Waals surface area contributed by atoms with E-state index in [1.165, 1.54) is 0 Å². The Kier molecular flexibility index (Phi) is 7.50. The topological polar surface area (TPSA) is 95.9 Å². The van der Waals surface area contributed by atoms with Gasteiger partial charge in [0.05, 0.1) is 6.42 Å². The summed E-state index contributed by atoms with van der Waals surface area (Å²) in [6.07, 6.45) is 2.89. The van der Waals surface area contributed by atoms with Gasteiger partial charge >= 0.3 is 12.1 Å². The molecule has 2 atom stereocenters. The Hall–Kier alpha value is -3.35. The van der Waals surface area contributed by atoms with Crippen LogP contribution >= 0.6 is 0 Å². The van der Waals surface area contributed by atoms with Gasteiger partial charge in [-0.2, -0.15) is 0 Å². The fourth-order valence-corrected chi connectivity index (χ4v) is 5.23. The number of nitrogens with one attached hydrogen (secondary N) is 1. The molecule has 1 saturated heterocycles. The maximum Gasteiger partial charge on any atom is 0.407 e. The van der Waals surface area contributed by atoms with E-state index in [2.05, 4.69) is 29.6 Å². The van der Waals surface area contributed by atoms with Crippen molar-refractivity contribution >= 4 is 18.0 Å². The van der Waals surface area contributed by atoms with Crippen LogP contribution in [-0.4, -0.2) is 53.2 Å². The first-order valence-electron chi connectivity index (χ1n) is 12.1. The third-order valence-corrected chi connectivity index (χ3v) is 6.83. The highest BCUT2D eigenvalue weighted by Gasteiger charge is 2.34. The van der Waals surface area contributed by atoms with Crippen molar-refractivity contribution in [1.29, 1.82) is 0 Å². The molecule has 2 aliphatic rings. The van der Waals surface area contributed by atoms with Crippen molar-refractivity contribution in [2.24, 2.45) is 0 Å².